The van der Waals surface area contributed by atoms with E-state index < -0.39 is 23.2 Å². The average Bonchev–Trinajstić information content (AvgIpc) is 2.85. The van der Waals surface area contributed by atoms with Crippen molar-refractivity contribution in [1.82, 2.24) is 4.90 Å². The molecule has 0 radical (unpaired) electrons. The maximum Gasteiger partial charge on any atom is 0.398 e. The van der Waals surface area contributed by atoms with Crippen LogP contribution < -0.4 is 0 Å². The number of nitrogens with zero attached hydrogens (tertiary/aromatic N) is 2. The number of likely N-dealkylation sites (N-methyl/N-ethyl adjacent to an activating group) is 1. The van der Waals surface area contributed by atoms with E-state index in [9.17, 15) is 26.3 Å². The minimum absolute atomic E-state index is 0.0542. The van der Waals surface area contributed by atoms with Crippen LogP contribution in [0.3, 0.4) is 0 Å². The van der Waals surface area contributed by atoms with E-state index in [-0.39, 0.29) is 49.3 Å². The first-order chi connectivity index (χ1) is 19.4. The molecular formula is C33H42F6N2. The minimum atomic E-state index is -4.49. The zero-order chi connectivity index (χ0) is 30.3. The van der Waals surface area contributed by atoms with Gasteiger partial charge in [0.1, 0.15) is 0 Å². The van der Waals surface area contributed by atoms with Gasteiger partial charge in [0.15, 0.2) is 0 Å². The Morgan fingerprint density at radius 1 is 0.805 bits per heavy atom. The van der Waals surface area contributed by atoms with Crippen LogP contribution in [0.1, 0.15) is 94.4 Å². The third-order valence-electron chi connectivity index (χ3n) is 9.36. The molecule has 1 atom stereocenters. The van der Waals surface area contributed by atoms with Gasteiger partial charge in [-0.3, -0.25) is 0 Å². The van der Waals surface area contributed by atoms with Crippen LogP contribution in [0, 0.1) is 11.3 Å². The quantitative estimate of drug-likeness (QED) is 0.248. The molecule has 8 heteroatoms. The molecule has 0 spiro atoms. The maximum atomic E-state index is 14.5. The van der Waals surface area contributed by atoms with Crippen molar-refractivity contribution in [1.29, 1.82) is 5.26 Å². The van der Waals surface area contributed by atoms with Crippen molar-refractivity contribution in [3.8, 4) is 6.07 Å². The number of nitriles is 1. The predicted octanol–water partition coefficient (Wildman–Crippen LogP) is 9.46. The Labute approximate surface area is 240 Å². The van der Waals surface area contributed by atoms with E-state index in [4.69, 9.17) is 5.26 Å². The summed E-state index contributed by atoms with van der Waals surface area (Å²) in [6, 6.07) is 16.3. The third-order valence-corrected chi connectivity index (χ3v) is 9.36. The molecule has 0 aromatic heterocycles. The average molecular weight is 581 g/mol. The number of hydrogen-bond acceptors (Lipinski definition) is 2. The van der Waals surface area contributed by atoms with Gasteiger partial charge in [-0.05, 0) is 80.2 Å². The highest BCUT2D eigenvalue weighted by Gasteiger charge is 2.63. The smallest absolute Gasteiger partial charge is 0.300 e. The topological polar surface area (TPSA) is 27.0 Å². The van der Waals surface area contributed by atoms with Crippen LogP contribution in [-0.2, 0) is 23.7 Å². The minimum Gasteiger partial charge on any atom is -0.300 e. The summed E-state index contributed by atoms with van der Waals surface area (Å²) in [7, 11) is 0. The van der Waals surface area contributed by atoms with Crippen LogP contribution in [-0.4, -0.2) is 36.4 Å². The van der Waals surface area contributed by atoms with Crippen LogP contribution in [0.2, 0.25) is 0 Å². The van der Waals surface area contributed by atoms with E-state index in [0.717, 1.165) is 25.9 Å². The van der Waals surface area contributed by atoms with Gasteiger partial charge < -0.3 is 4.90 Å². The molecule has 2 aliphatic rings. The first-order valence-corrected chi connectivity index (χ1v) is 14.8. The maximum absolute atomic E-state index is 14.5. The Kier molecular flexibility index (Phi) is 11.0. The first-order valence-electron chi connectivity index (χ1n) is 14.8. The second kappa shape index (κ2) is 13.6. The molecule has 2 aromatic rings. The van der Waals surface area contributed by atoms with Crippen molar-refractivity contribution >= 4 is 0 Å². The predicted molar refractivity (Wildman–Crippen MR) is 151 cm³/mol. The van der Waals surface area contributed by atoms with Gasteiger partial charge in [0.05, 0.1) is 16.9 Å². The number of halogens is 6. The molecule has 2 aliphatic carbocycles. The summed E-state index contributed by atoms with van der Waals surface area (Å²) in [5, 5.41) is 7.32. The summed E-state index contributed by atoms with van der Waals surface area (Å²) in [6.07, 6.45) is -5.92. The molecule has 0 heterocycles. The molecule has 41 heavy (non-hydrogen) atoms. The molecular weight excluding hydrogens is 538 g/mol. The van der Waals surface area contributed by atoms with Crippen molar-refractivity contribution in [2.24, 2.45) is 0 Å². The zero-order valence-electron chi connectivity index (χ0n) is 24.3. The standard InChI is InChI=1S/C31H39F6N.C2H3N/c1-3-24(38(4-2)22-17-23-11-6-5-7-12-23)15-16-25-26(28(18-9-19-28)30(32,33)34)13-8-14-27(25)29(20-10-21-29)31(35,36)37;1-2-3/h5-8,11-14,24H,3-4,9-10,15-22H2,1-2H3;1H3. The Hall–Kier alpha value is -2.53. The van der Waals surface area contributed by atoms with Gasteiger partial charge in [-0.25, -0.2) is 0 Å². The molecule has 1 unspecified atom stereocenters. The summed E-state index contributed by atoms with van der Waals surface area (Å²) < 4.78 is 86.8. The van der Waals surface area contributed by atoms with Gasteiger partial charge in [-0.2, -0.15) is 31.6 Å². The number of alkyl halides is 6. The van der Waals surface area contributed by atoms with Crippen molar-refractivity contribution in [2.45, 2.75) is 114 Å². The van der Waals surface area contributed by atoms with E-state index in [2.05, 4.69) is 30.9 Å². The van der Waals surface area contributed by atoms with E-state index in [0.29, 0.717) is 24.8 Å². The molecule has 0 bridgehead atoms. The van der Waals surface area contributed by atoms with Crippen molar-refractivity contribution in [3.05, 3.63) is 70.8 Å². The van der Waals surface area contributed by atoms with Gasteiger partial charge in [0.2, 0.25) is 0 Å². The molecule has 2 aromatic carbocycles. The third kappa shape index (κ3) is 6.77. The fraction of sp³-hybridized carbons (Fsp3) is 0.606. The lowest BCUT2D eigenvalue weighted by molar-refractivity contribution is -0.215. The van der Waals surface area contributed by atoms with Gasteiger partial charge in [0, 0.05) is 19.5 Å². The van der Waals surface area contributed by atoms with Crippen LogP contribution >= 0.6 is 0 Å². The van der Waals surface area contributed by atoms with Crippen LogP contribution in [0.15, 0.2) is 48.5 Å². The van der Waals surface area contributed by atoms with Crippen molar-refractivity contribution in [3.63, 3.8) is 0 Å². The number of rotatable bonds is 11. The number of hydrogen-bond donors (Lipinski definition) is 0. The fourth-order valence-corrected chi connectivity index (χ4v) is 6.70. The highest BCUT2D eigenvalue weighted by atomic mass is 19.4. The normalized spacial score (nSPS) is 18.4. The van der Waals surface area contributed by atoms with Crippen molar-refractivity contribution < 1.29 is 26.3 Å². The van der Waals surface area contributed by atoms with E-state index in [1.54, 1.807) is 6.07 Å². The van der Waals surface area contributed by atoms with Gasteiger partial charge in [-0.15, -0.1) is 0 Å². The molecule has 2 fully saturated rings. The monoisotopic (exact) mass is 580 g/mol. The first kappa shape index (κ1) is 33.0. The SMILES string of the molecule is CC#N.CCC(CCc1c(C2(C(F)(F)F)CCC2)cccc1C1(C(F)(F)F)CCC1)N(CC)CCc1ccccc1. The van der Waals surface area contributed by atoms with E-state index in [1.807, 2.05) is 18.2 Å². The number of benzene rings is 2. The van der Waals surface area contributed by atoms with Gasteiger partial charge in [0.25, 0.3) is 0 Å². The Morgan fingerprint density at radius 2 is 1.29 bits per heavy atom. The summed E-state index contributed by atoms with van der Waals surface area (Å²) in [6.45, 7) is 7.12. The largest absolute Gasteiger partial charge is 0.398 e. The molecule has 0 amide bonds. The van der Waals surface area contributed by atoms with Crippen LogP contribution in [0.25, 0.3) is 0 Å². The van der Waals surface area contributed by atoms with E-state index in [1.165, 1.54) is 30.7 Å². The lowest BCUT2D eigenvalue weighted by Crippen LogP contribution is -2.51. The lowest BCUT2D eigenvalue weighted by atomic mass is 9.58. The fourth-order valence-electron chi connectivity index (χ4n) is 6.70. The summed E-state index contributed by atoms with van der Waals surface area (Å²) in [4.78, 5) is 2.32. The van der Waals surface area contributed by atoms with Crippen LogP contribution in [0.5, 0.6) is 0 Å². The summed E-state index contributed by atoms with van der Waals surface area (Å²) >= 11 is 0. The second-order valence-electron chi connectivity index (χ2n) is 11.4. The second-order valence-corrected chi connectivity index (χ2v) is 11.4. The highest BCUT2D eigenvalue weighted by Crippen LogP contribution is 2.59. The summed E-state index contributed by atoms with van der Waals surface area (Å²) in [5.41, 5.74) is -2.37. The zero-order valence-corrected chi connectivity index (χ0v) is 24.3. The van der Waals surface area contributed by atoms with Crippen LogP contribution in [0.4, 0.5) is 26.3 Å². The van der Waals surface area contributed by atoms with Gasteiger partial charge >= 0.3 is 12.4 Å². The Bertz CT molecular complexity index is 1090. The molecule has 0 aliphatic heterocycles. The molecule has 4 rings (SSSR count). The Balaban J connectivity index is 0.00000147. The molecule has 2 saturated carbocycles. The summed E-state index contributed by atoms with van der Waals surface area (Å²) in [5.74, 6) is 0. The molecule has 0 N–H and O–H groups in total. The van der Waals surface area contributed by atoms with Gasteiger partial charge in [-0.1, -0.05) is 75.2 Å². The molecule has 226 valence electrons. The Morgan fingerprint density at radius 3 is 1.66 bits per heavy atom. The van der Waals surface area contributed by atoms with E-state index >= 15 is 0 Å². The molecule has 2 nitrogen and oxygen atoms in total. The van der Waals surface area contributed by atoms with Crippen molar-refractivity contribution in [2.75, 3.05) is 13.1 Å². The highest BCUT2D eigenvalue weighted by molar-refractivity contribution is 5.48. The lowest BCUT2D eigenvalue weighted by Gasteiger charge is -2.48. The molecule has 0 saturated heterocycles.